The predicted octanol–water partition coefficient (Wildman–Crippen LogP) is 26.8. The molecule has 0 N–H and O–H groups in total. The summed E-state index contributed by atoms with van der Waals surface area (Å²) in [5.41, 5.74) is 17.4. The minimum Gasteiger partial charge on any atom is -0.456 e. The highest BCUT2D eigenvalue weighted by Gasteiger charge is 2.55. The Morgan fingerprint density at radius 1 is 0.180 bits per heavy atom. The maximum absolute atomic E-state index is 6.46. The third-order valence-corrected chi connectivity index (χ3v) is 28.5. The predicted molar refractivity (Wildman–Crippen MR) is 530 cm³/mol. The Balaban J connectivity index is 0.000000104. The summed E-state index contributed by atoms with van der Waals surface area (Å²) in [6, 6.07) is 110. The summed E-state index contributed by atoms with van der Waals surface area (Å²) in [5.74, 6) is 0. The third kappa shape index (κ3) is 14.3. The van der Waals surface area contributed by atoms with Crippen LogP contribution >= 0.6 is 0 Å². The van der Waals surface area contributed by atoms with E-state index in [1.54, 1.807) is 0 Å². The fourth-order valence-electron chi connectivity index (χ4n) is 18.3. The van der Waals surface area contributed by atoms with Gasteiger partial charge in [-0.3, -0.25) is 0 Å². The van der Waals surface area contributed by atoms with Crippen LogP contribution in [0.15, 0.2) is 333 Å². The molecule has 8 heterocycles. The molecule has 0 aliphatic carbocycles. The SMILES string of the molecule is CC1(C)OB(c2ccc(-c3cccc4c3oc3cc5ccccc5cc34)cc2)OC1(C)C.CC1(C)OB(c2ccc(-c3cccc4cc5oc6ccccc6c5cc34)cc2)OC1(C)C.CC1(C)OB(c2cccc(-c3c4ccccc4cc4c3oc3ccccc34)c2)OC1(C)C.CC1(C)OB(c2ccccc2-c2cccc3c2oc2cc4ccccc4cc23)OC1(C)C. The molecule has 20 aromatic rings. The maximum Gasteiger partial charge on any atom is 0.495 e. The molecule has 4 aromatic heterocycles. The Bertz CT molecular complexity index is 7710. The summed E-state index contributed by atoms with van der Waals surface area (Å²) in [4.78, 5) is 0. The van der Waals surface area contributed by atoms with E-state index in [4.69, 9.17) is 54.9 Å². The van der Waals surface area contributed by atoms with Crippen LogP contribution in [0.5, 0.6) is 0 Å². The van der Waals surface area contributed by atoms with Crippen LogP contribution in [0.25, 0.3) is 175 Å². The highest BCUT2D eigenvalue weighted by atomic mass is 16.7. The molecule has 24 rings (SSSR count). The molecule has 0 saturated carbocycles. The largest absolute Gasteiger partial charge is 0.495 e. The Labute approximate surface area is 746 Å². The van der Waals surface area contributed by atoms with Gasteiger partial charge in [0.1, 0.15) is 44.7 Å². The number of benzene rings is 16. The van der Waals surface area contributed by atoms with Gasteiger partial charge in [-0.25, -0.2) is 0 Å². The van der Waals surface area contributed by atoms with Gasteiger partial charge in [-0.15, -0.1) is 0 Å². The van der Waals surface area contributed by atoms with Gasteiger partial charge in [0.2, 0.25) is 0 Å². The Morgan fingerprint density at radius 3 is 1.05 bits per heavy atom. The van der Waals surface area contributed by atoms with Crippen LogP contribution < -0.4 is 21.9 Å². The molecule has 0 radical (unpaired) electrons. The number of furan rings is 4. The van der Waals surface area contributed by atoms with Gasteiger partial charge in [0.05, 0.1) is 44.8 Å². The van der Waals surface area contributed by atoms with Gasteiger partial charge < -0.3 is 54.9 Å². The molecule has 4 aliphatic rings. The van der Waals surface area contributed by atoms with E-state index in [1.807, 2.05) is 30.3 Å². The van der Waals surface area contributed by atoms with Crippen LogP contribution in [0.2, 0.25) is 0 Å². The Morgan fingerprint density at radius 2 is 0.516 bits per heavy atom. The van der Waals surface area contributed by atoms with Gasteiger partial charge in [0.25, 0.3) is 0 Å². The number of hydrogen-bond donors (Lipinski definition) is 0. The second-order valence-electron chi connectivity index (χ2n) is 38.7. The molecule has 0 amide bonds. The zero-order valence-corrected chi connectivity index (χ0v) is 75.2. The molecule has 16 heteroatoms. The van der Waals surface area contributed by atoms with Gasteiger partial charge in [-0.2, -0.15) is 0 Å². The van der Waals surface area contributed by atoms with Crippen molar-refractivity contribution in [1.82, 2.24) is 0 Å². The molecule has 0 spiro atoms. The van der Waals surface area contributed by atoms with E-state index in [0.717, 1.165) is 143 Å². The van der Waals surface area contributed by atoms with Crippen molar-refractivity contribution in [3.63, 3.8) is 0 Å². The molecule has 4 fully saturated rings. The summed E-state index contributed by atoms with van der Waals surface area (Å²) in [7, 11) is -1.54. The Hall–Kier alpha value is -12.3. The van der Waals surface area contributed by atoms with Crippen molar-refractivity contribution in [2.45, 2.75) is 156 Å². The summed E-state index contributed by atoms with van der Waals surface area (Å²) in [5, 5.41) is 18.7. The van der Waals surface area contributed by atoms with Crippen LogP contribution in [0.1, 0.15) is 111 Å². The van der Waals surface area contributed by atoms with Crippen molar-refractivity contribution < 1.29 is 54.9 Å². The van der Waals surface area contributed by atoms with E-state index in [-0.39, 0.29) is 47.8 Å². The first-order valence-electron chi connectivity index (χ1n) is 44.5. The fraction of sp³-hybridized carbons (Fsp3) is 0.214. The zero-order chi connectivity index (χ0) is 88.3. The first-order chi connectivity index (χ1) is 61.3. The highest BCUT2D eigenvalue weighted by Crippen LogP contribution is 2.47. The molecule has 16 aromatic carbocycles. The summed E-state index contributed by atoms with van der Waals surface area (Å²) >= 11 is 0. The normalized spacial score (nSPS) is 17.6. The van der Waals surface area contributed by atoms with E-state index < -0.39 is 25.4 Å². The highest BCUT2D eigenvalue weighted by molar-refractivity contribution is 6.64. The average molecular weight is 1680 g/mol. The van der Waals surface area contributed by atoms with Crippen molar-refractivity contribution in [3.8, 4) is 44.5 Å². The molecule has 4 saturated heterocycles. The first-order valence-corrected chi connectivity index (χ1v) is 44.5. The van der Waals surface area contributed by atoms with Gasteiger partial charge in [0, 0.05) is 59.8 Å². The van der Waals surface area contributed by atoms with Gasteiger partial charge in [-0.05, 0) is 258 Å². The number of rotatable bonds is 8. The maximum atomic E-state index is 6.46. The van der Waals surface area contributed by atoms with Crippen molar-refractivity contribution in [2.75, 3.05) is 0 Å². The van der Waals surface area contributed by atoms with Crippen molar-refractivity contribution in [1.29, 1.82) is 0 Å². The Kier molecular flexibility index (Phi) is 19.8. The molecular weight excluding hydrogens is 1580 g/mol. The smallest absolute Gasteiger partial charge is 0.456 e. The van der Waals surface area contributed by atoms with Crippen LogP contribution in [0.4, 0.5) is 0 Å². The molecule has 4 aliphatic heterocycles. The molecule has 0 bridgehead atoms. The second kappa shape index (κ2) is 30.7. The van der Waals surface area contributed by atoms with Gasteiger partial charge in [-0.1, -0.05) is 261 Å². The summed E-state index contributed by atoms with van der Waals surface area (Å²) in [6.07, 6.45) is 0. The van der Waals surface area contributed by atoms with E-state index in [0.29, 0.717) is 0 Å². The summed E-state index contributed by atoms with van der Waals surface area (Å²) in [6.45, 7) is 33.3. The number of para-hydroxylation sites is 4. The van der Waals surface area contributed by atoms with Crippen molar-refractivity contribution in [2.24, 2.45) is 0 Å². The fourth-order valence-corrected chi connectivity index (χ4v) is 18.3. The van der Waals surface area contributed by atoms with Crippen LogP contribution in [0, 0.1) is 0 Å². The van der Waals surface area contributed by atoms with E-state index in [9.17, 15) is 0 Å². The number of fused-ring (bicyclic) bond motifs is 16. The second-order valence-corrected chi connectivity index (χ2v) is 38.7. The minimum absolute atomic E-state index is 0.343. The van der Waals surface area contributed by atoms with E-state index in [1.165, 1.54) is 54.2 Å². The van der Waals surface area contributed by atoms with E-state index >= 15 is 0 Å². The van der Waals surface area contributed by atoms with Crippen LogP contribution in [-0.4, -0.2) is 73.3 Å². The lowest BCUT2D eigenvalue weighted by Crippen LogP contribution is -2.41. The minimum atomic E-state index is -0.432. The van der Waals surface area contributed by atoms with Gasteiger partial charge in [0.15, 0.2) is 0 Å². The molecule has 0 atom stereocenters. The average Bonchev–Trinajstić information content (AvgIpc) is 1.61. The quantitative estimate of drug-likeness (QED) is 0.134. The zero-order valence-electron chi connectivity index (χ0n) is 75.2. The lowest BCUT2D eigenvalue weighted by Gasteiger charge is -2.32. The van der Waals surface area contributed by atoms with Crippen molar-refractivity contribution in [3.05, 3.63) is 315 Å². The monoisotopic (exact) mass is 1680 g/mol. The molecule has 128 heavy (non-hydrogen) atoms. The van der Waals surface area contributed by atoms with Crippen molar-refractivity contribution >= 4 is 181 Å². The number of hydrogen-bond acceptors (Lipinski definition) is 12. The third-order valence-electron chi connectivity index (χ3n) is 28.5. The van der Waals surface area contributed by atoms with Crippen LogP contribution in [0.3, 0.4) is 0 Å². The molecule has 0 unspecified atom stereocenters. The lowest BCUT2D eigenvalue weighted by atomic mass is 9.74. The lowest BCUT2D eigenvalue weighted by molar-refractivity contribution is 0.00578. The van der Waals surface area contributed by atoms with E-state index in [2.05, 4.69) is 396 Å². The standard InChI is InChI=1S/4C28H25BO3/c1-27(2)28(3,4)32-29(31-27)20-12-9-11-19(16-20)25-21-13-6-5-10-18(21)17-23-22-14-7-8-15-24(22)30-26(23)25;1-27(2)28(3,4)32-29(31-27)24-15-8-7-12-20(24)21-13-9-14-22-23-16-18-10-5-6-11-19(18)17-25(23)30-26(21)22;1-27(2)28(3,4)32-29(31-27)20-14-12-18(13-15-20)21-10-7-8-19-16-26-24(17-23(19)21)22-9-5-6-11-25(22)30-26;1-27(2)28(3,4)32-29(31-27)21-14-12-18(13-15-21)22-10-7-11-23-24-16-19-8-5-6-9-20(19)17-25(24)30-26(22)23/h4*5-17H,1-4H3. The van der Waals surface area contributed by atoms with Gasteiger partial charge >= 0.3 is 28.5 Å². The van der Waals surface area contributed by atoms with Crippen LogP contribution in [-0.2, 0) is 37.2 Å². The molecular formula is C112H100B4O12. The molecule has 632 valence electrons. The topological polar surface area (TPSA) is 126 Å². The first kappa shape index (κ1) is 82.7. The summed E-state index contributed by atoms with van der Waals surface area (Å²) < 4.78 is 75.6. The molecule has 12 nitrogen and oxygen atoms in total.